The van der Waals surface area contributed by atoms with Crippen LogP contribution < -0.4 is 0 Å². The molecule has 1 saturated heterocycles. The van der Waals surface area contributed by atoms with Crippen LogP contribution in [-0.2, 0) is 9.47 Å². The van der Waals surface area contributed by atoms with Gasteiger partial charge >= 0.3 is 0 Å². The molecule has 5 fully saturated rings. The van der Waals surface area contributed by atoms with Crippen molar-refractivity contribution in [2.45, 2.75) is 117 Å². The molecule has 0 bridgehead atoms. The molecule has 5 rings (SSSR count). The highest BCUT2D eigenvalue weighted by Gasteiger charge is 2.62. The van der Waals surface area contributed by atoms with Crippen molar-refractivity contribution < 1.29 is 9.47 Å². The van der Waals surface area contributed by atoms with E-state index in [2.05, 4.69) is 34.6 Å². The fourth-order valence-electron chi connectivity index (χ4n) is 9.98. The predicted octanol–water partition coefficient (Wildman–Crippen LogP) is 7.85. The number of hydrogen-bond donors (Lipinski definition) is 0. The Bertz CT molecular complexity index is 637. The fraction of sp³-hybridized carbons (Fsp3) is 1.00. The van der Waals surface area contributed by atoms with E-state index in [4.69, 9.17) is 9.47 Å². The Balaban J connectivity index is 1.28. The molecule has 31 heavy (non-hydrogen) atoms. The molecule has 5 aliphatic rings. The molecule has 0 amide bonds. The Hall–Kier alpha value is -0.0800. The Morgan fingerprint density at radius 3 is 2.26 bits per heavy atom. The summed E-state index contributed by atoms with van der Waals surface area (Å²) in [6.07, 6.45) is 16.9. The van der Waals surface area contributed by atoms with E-state index in [9.17, 15) is 0 Å². The lowest BCUT2D eigenvalue weighted by Crippen LogP contribution is -2.56. The zero-order chi connectivity index (χ0) is 21.9. The minimum Gasteiger partial charge on any atom is -0.348 e. The van der Waals surface area contributed by atoms with Crippen LogP contribution in [0.25, 0.3) is 0 Å². The quantitative estimate of drug-likeness (QED) is 0.442. The van der Waals surface area contributed by atoms with Gasteiger partial charge in [0.1, 0.15) is 0 Å². The lowest BCUT2D eigenvalue weighted by Gasteiger charge is -2.62. The molecule has 0 unspecified atom stereocenters. The van der Waals surface area contributed by atoms with Crippen LogP contribution in [-0.4, -0.2) is 19.0 Å². The van der Waals surface area contributed by atoms with Gasteiger partial charge < -0.3 is 9.47 Å². The van der Waals surface area contributed by atoms with Gasteiger partial charge in [-0.3, -0.25) is 0 Å². The maximum Gasteiger partial charge on any atom is 0.168 e. The molecule has 0 N–H and O–H groups in total. The monoisotopic (exact) mass is 430 g/mol. The van der Waals surface area contributed by atoms with Gasteiger partial charge in [-0.15, -0.1) is 0 Å². The van der Waals surface area contributed by atoms with Gasteiger partial charge in [-0.2, -0.15) is 0 Å². The molecule has 2 nitrogen and oxygen atoms in total. The van der Waals surface area contributed by atoms with Gasteiger partial charge in [0.15, 0.2) is 5.79 Å². The second-order valence-corrected chi connectivity index (χ2v) is 13.5. The number of hydrogen-bond acceptors (Lipinski definition) is 2. The van der Waals surface area contributed by atoms with E-state index < -0.39 is 0 Å². The van der Waals surface area contributed by atoms with Crippen molar-refractivity contribution in [3.8, 4) is 0 Å². The number of fused-ring (bicyclic) bond motifs is 5. The van der Waals surface area contributed by atoms with Crippen molar-refractivity contribution in [2.75, 3.05) is 13.2 Å². The Morgan fingerprint density at radius 1 is 0.774 bits per heavy atom. The van der Waals surface area contributed by atoms with Gasteiger partial charge in [-0.05, 0) is 97.2 Å². The van der Waals surface area contributed by atoms with Crippen LogP contribution in [0.1, 0.15) is 112 Å². The Kier molecular flexibility index (Phi) is 6.08. The third kappa shape index (κ3) is 3.74. The lowest BCUT2D eigenvalue weighted by molar-refractivity contribution is -0.229. The zero-order valence-electron chi connectivity index (χ0n) is 21.3. The largest absolute Gasteiger partial charge is 0.348 e. The highest BCUT2D eigenvalue weighted by atomic mass is 16.7. The molecule has 0 radical (unpaired) electrons. The van der Waals surface area contributed by atoms with E-state index in [1.165, 1.54) is 70.6 Å². The van der Waals surface area contributed by atoms with E-state index in [1.54, 1.807) is 0 Å². The number of rotatable bonds is 5. The molecule has 178 valence electrons. The van der Waals surface area contributed by atoms with E-state index >= 15 is 0 Å². The maximum atomic E-state index is 6.16. The van der Waals surface area contributed by atoms with Crippen molar-refractivity contribution in [2.24, 2.45) is 52.3 Å². The van der Waals surface area contributed by atoms with Crippen LogP contribution in [0.3, 0.4) is 0 Å². The minimum atomic E-state index is -0.204. The average Bonchev–Trinajstić information content (AvgIpc) is 3.32. The smallest absolute Gasteiger partial charge is 0.168 e. The summed E-state index contributed by atoms with van der Waals surface area (Å²) in [5.74, 6) is 6.32. The van der Waals surface area contributed by atoms with Crippen molar-refractivity contribution >= 4 is 0 Å². The molecule has 1 aliphatic heterocycles. The molecular weight excluding hydrogens is 380 g/mol. The normalized spacial score (nSPS) is 47.2. The highest BCUT2D eigenvalue weighted by Crippen LogP contribution is 2.69. The van der Waals surface area contributed by atoms with Gasteiger partial charge in [-0.1, -0.05) is 53.9 Å². The molecule has 1 spiro atoms. The van der Waals surface area contributed by atoms with Crippen LogP contribution in [0.4, 0.5) is 0 Å². The summed E-state index contributed by atoms with van der Waals surface area (Å²) in [6, 6.07) is 0. The second kappa shape index (κ2) is 8.30. The Labute approximate surface area is 192 Å². The van der Waals surface area contributed by atoms with Gasteiger partial charge in [0.2, 0.25) is 0 Å². The summed E-state index contributed by atoms with van der Waals surface area (Å²) in [5, 5.41) is 0. The molecule has 8 atom stereocenters. The molecular formula is C29H50O2. The summed E-state index contributed by atoms with van der Waals surface area (Å²) in [7, 11) is 0. The summed E-state index contributed by atoms with van der Waals surface area (Å²) >= 11 is 0. The average molecular weight is 431 g/mol. The SMILES string of the molecule is CC(C)CCC[C@H](C)[C@@H]1CC[C@@H]2[C@@H]3CC[C@@H]4CC5(CC[C@]4(C)[C@H]3CC[C@]21C)OCCO5. The van der Waals surface area contributed by atoms with E-state index in [0.29, 0.717) is 10.8 Å². The molecule has 4 saturated carbocycles. The molecule has 0 aromatic heterocycles. The lowest BCUT2D eigenvalue weighted by atomic mass is 9.44. The summed E-state index contributed by atoms with van der Waals surface area (Å²) in [4.78, 5) is 0. The fourth-order valence-corrected chi connectivity index (χ4v) is 9.98. The summed E-state index contributed by atoms with van der Waals surface area (Å²) in [6.45, 7) is 14.4. The summed E-state index contributed by atoms with van der Waals surface area (Å²) < 4.78 is 12.3. The highest BCUT2D eigenvalue weighted by molar-refractivity contribution is 5.10. The van der Waals surface area contributed by atoms with Crippen molar-refractivity contribution in [3.05, 3.63) is 0 Å². The van der Waals surface area contributed by atoms with Crippen LogP contribution in [0.5, 0.6) is 0 Å². The van der Waals surface area contributed by atoms with Crippen LogP contribution >= 0.6 is 0 Å². The zero-order valence-corrected chi connectivity index (χ0v) is 21.3. The van der Waals surface area contributed by atoms with Crippen molar-refractivity contribution in [3.63, 3.8) is 0 Å². The first-order valence-electron chi connectivity index (χ1n) is 14.1. The van der Waals surface area contributed by atoms with Crippen LogP contribution in [0.15, 0.2) is 0 Å². The minimum absolute atomic E-state index is 0.204. The van der Waals surface area contributed by atoms with Crippen LogP contribution in [0.2, 0.25) is 0 Å². The van der Waals surface area contributed by atoms with Gasteiger partial charge in [-0.25, -0.2) is 0 Å². The third-order valence-corrected chi connectivity index (χ3v) is 11.7. The van der Waals surface area contributed by atoms with Gasteiger partial charge in [0.05, 0.1) is 13.2 Å². The first-order valence-corrected chi connectivity index (χ1v) is 14.1. The topological polar surface area (TPSA) is 18.5 Å². The van der Waals surface area contributed by atoms with Crippen molar-refractivity contribution in [1.82, 2.24) is 0 Å². The van der Waals surface area contributed by atoms with E-state index in [-0.39, 0.29) is 5.79 Å². The third-order valence-electron chi connectivity index (χ3n) is 11.7. The first-order chi connectivity index (χ1) is 14.8. The predicted molar refractivity (Wildman–Crippen MR) is 128 cm³/mol. The molecule has 2 heteroatoms. The molecule has 0 aromatic rings. The Morgan fingerprint density at radius 2 is 1.52 bits per heavy atom. The van der Waals surface area contributed by atoms with Gasteiger partial charge in [0.25, 0.3) is 0 Å². The standard InChI is InChI=1S/C29H50O2/c1-20(2)7-6-8-21(3)24-11-12-25-23-10-9-22-19-29(30-17-18-31-29)16-15-27(22,4)26(23)13-14-28(24,25)5/h20-26H,6-19H2,1-5H3/t21-,22+,23-,24-,25+,26-,27-,28-/m0/s1. The molecule has 0 aromatic carbocycles. The molecule has 1 heterocycles. The van der Waals surface area contributed by atoms with E-state index in [1.807, 2.05) is 0 Å². The summed E-state index contributed by atoms with van der Waals surface area (Å²) in [5.41, 5.74) is 1.15. The first kappa shape index (κ1) is 22.7. The second-order valence-electron chi connectivity index (χ2n) is 13.5. The maximum absolute atomic E-state index is 6.16. The van der Waals surface area contributed by atoms with Gasteiger partial charge in [0, 0.05) is 12.8 Å². The van der Waals surface area contributed by atoms with Crippen molar-refractivity contribution in [1.29, 1.82) is 0 Å². The van der Waals surface area contributed by atoms with Crippen LogP contribution in [0, 0.1) is 52.3 Å². The molecule has 4 aliphatic carbocycles. The van der Waals surface area contributed by atoms with E-state index in [0.717, 1.165) is 61.1 Å². The number of ether oxygens (including phenoxy) is 2.